The Morgan fingerprint density at radius 3 is 2.53 bits per heavy atom. The highest BCUT2D eigenvalue weighted by Crippen LogP contribution is 2.77. The number of fused-ring (bicyclic) bond motifs is 8. The molecule has 0 spiro atoms. The van der Waals surface area contributed by atoms with Crippen molar-refractivity contribution in [3.05, 3.63) is 41.0 Å². The Hall–Kier alpha value is -2.50. The SMILES string of the molecule is CCCCOC(=O)[C@]12CCC(C)(C)C[C@H]1C1=C(c3ccoc3)CC3[C@@]4(C)Cc5c(N)n[nH]c5C(C)(C)[C@@H]4CC[C@@]3(C)[C@]1(C)CC2. The van der Waals surface area contributed by atoms with Crippen LogP contribution in [0.2, 0.25) is 0 Å². The summed E-state index contributed by atoms with van der Waals surface area (Å²) in [7, 11) is 0. The zero-order valence-electron chi connectivity index (χ0n) is 29.2. The van der Waals surface area contributed by atoms with Gasteiger partial charge in [-0.05, 0) is 115 Å². The first kappa shape index (κ1) is 31.1. The summed E-state index contributed by atoms with van der Waals surface area (Å²) in [5.74, 6) is 1.91. The summed E-state index contributed by atoms with van der Waals surface area (Å²) in [6.45, 7) is 20.2. The van der Waals surface area contributed by atoms with Crippen molar-refractivity contribution in [2.24, 2.45) is 44.8 Å². The second-order valence-corrected chi connectivity index (χ2v) is 17.9. The van der Waals surface area contributed by atoms with Crippen LogP contribution < -0.4 is 5.73 Å². The predicted octanol–water partition coefficient (Wildman–Crippen LogP) is 9.27. The Balaban J connectivity index is 1.42. The molecule has 0 amide bonds. The first-order valence-electron chi connectivity index (χ1n) is 17.9. The zero-order chi connectivity index (χ0) is 32.2. The Kier molecular flexibility index (Phi) is 6.92. The van der Waals surface area contributed by atoms with Gasteiger partial charge in [-0.1, -0.05) is 67.4 Å². The van der Waals surface area contributed by atoms with Gasteiger partial charge in [0.1, 0.15) is 5.82 Å². The van der Waals surface area contributed by atoms with Gasteiger partial charge in [0.2, 0.25) is 0 Å². The number of allylic oxidation sites excluding steroid dienone is 2. The van der Waals surface area contributed by atoms with Crippen molar-refractivity contribution < 1.29 is 13.9 Å². The third-order valence-corrected chi connectivity index (χ3v) is 15.0. The van der Waals surface area contributed by atoms with Crippen LogP contribution in [0.5, 0.6) is 0 Å². The summed E-state index contributed by atoms with van der Waals surface area (Å²) >= 11 is 0. The number of anilines is 1. The molecule has 5 aliphatic rings. The lowest BCUT2D eigenvalue weighted by atomic mass is 9.33. The molecule has 2 aromatic heterocycles. The Bertz CT molecular complexity index is 1520. The van der Waals surface area contributed by atoms with Gasteiger partial charge in [0.25, 0.3) is 0 Å². The van der Waals surface area contributed by atoms with Crippen molar-refractivity contribution in [1.82, 2.24) is 10.2 Å². The number of rotatable bonds is 5. The number of esters is 1. The fourth-order valence-corrected chi connectivity index (χ4v) is 12.3. The molecule has 0 saturated heterocycles. The fourth-order valence-electron chi connectivity index (χ4n) is 12.3. The van der Waals surface area contributed by atoms with E-state index in [1.807, 2.05) is 12.5 Å². The summed E-state index contributed by atoms with van der Waals surface area (Å²) in [6, 6.07) is 2.18. The molecule has 2 heterocycles. The number of nitrogen functional groups attached to an aromatic ring is 1. The fraction of sp³-hybridized carbons (Fsp3) is 0.744. The maximum atomic E-state index is 14.3. The van der Waals surface area contributed by atoms with Crippen molar-refractivity contribution in [2.75, 3.05) is 12.3 Å². The van der Waals surface area contributed by atoms with Crippen molar-refractivity contribution in [1.29, 1.82) is 0 Å². The number of aromatic nitrogens is 2. The number of carbonyl (C=O) groups is 1. The van der Waals surface area contributed by atoms with E-state index >= 15 is 0 Å². The number of H-pyrrole nitrogens is 1. The number of nitrogens with zero attached hydrogens (tertiary/aromatic N) is 1. The monoisotopic (exact) mass is 615 g/mol. The largest absolute Gasteiger partial charge is 0.472 e. The molecule has 6 heteroatoms. The molecule has 0 radical (unpaired) electrons. The second kappa shape index (κ2) is 10.0. The molecule has 7 rings (SSSR count). The van der Waals surface area contributed by atoms with Gasteiger partial charge in [0, 0.05) is 22.2 Å². The lowest BCUT2D eigenvalue weighted by Crippen LogP contribution is -2.65. The lowest BCUT2D eigenvalue weighted by molar-refractivity contribution is -0.180. The number of aromatic amines is 1. The zero-order valence-corrected chi connectivity index (χ0v) is 29.2. The van der Waals surface area contributed by atoms with Gasteiger partial charge < -0.3 is 14.9 Å². The van der Waals surface area contributed by atoms with Crippen molar-refractivity contribution in [3.8, 4) is 0 Å². The molecule has 3 saturated carbocycles. The van der Waals surface area contributed by atoms with Crippen molar-refractivity contribution in [2.45, 2.75) is 131 Å². The molecule has 6 nitrogen and oxygen atoms in total. The highest BCUT2D eigenvalue weighted by Gasteiger charge is 2.70. The molecule has 5 aliphatic carbocycles. The number of nitrogens with two attached hydrogens (primary N) is 1. The predicted molar refractivity (Wildman–Crippen MR) is 179 cm³/mol. The van der Waals surface area contributed by atoms with E-state index in [1.54, 1.807) is 5.57 Å². The van der Waals surface area contributed by atoms with Gasteiger partial charge in [0.15, 0.2) is 0 Å². The molecule has 246 valence electrons. The molecule has 0 bridgehead atoms. The maximum Gasteiger partial charge on any atom is 0.312 e. The van der Waals surface area contributed by atoms with E-state index in [2.05, 4.69) is 71.7 Å². The van der Waals surface area contributed by atoms with E-state index in [0.717, 1.165) is 57.8 Å². The van der Waals surface area contributed by atoms with E-state index < -0.39 is 5.41 Å². The highest BCUT2D eigenvalue weighted by atomic mass is 16.5. The Labute approximate surface area is 270 Å². The van der Waals surface area contributed by atoms with Crippen LogP contribution in [0.4, 0.5) is 5.82 Å². The van der Waals surface area contributed by atoms with Crippen LogP contribution in [0.15, 0.2) is 28.6 Å². The quantitative estimate of drug-likeness (QED) is 0.258. The number of unbranched alkanes of at least 4 members (excludes halogenated alkanes) is 1. The average molecular weight is 616 g/mol. The van der Waals surface area contributed by atoms with Gasteiger partial charge in [-0.15, -0.1) is 0 Å². The second-order valence-electron chi connectivity index (χ2n) is 17.9. The summed E-state index contributed by atoms with van der Waals surface area (Å²) in [6.07, 6.45) is 15.1. The standard InChI is InChI=1S/C39H57N3O3/c1-9-10-18-45-33(43)39-16-14-34(2,3)22-27(39)30-25(24-12-19-44-23-24)20-29-36(6)21-26-31(41-42-32(26)40)35(4,5)28(36)11-13-37(29,7)38(30,8)15-17-39/h12,19,23,27-29H,9-11,13-18,20-22H2,1-8H3,(H3,40,41,42)/t27-,28-,29?,36-,37+,38+,39-/m0/s1. The van der Waals surface area contributed by atoms with E-state index in [1.165, 1.54) is 35.2 Å². The van der Waals surface area contributed by atoms with Crippen LogP contribution in [0.25, 0.3) is 5.57 Å². The number of carbonyl (C=O) groups excluding carboxylic acids is 1. The minimum absolute atomic E-state index is 0.0336. The third-order valence-electron chi connectivity index (χ3n) is 15.0. The van der Waals surface area contributed by atoms with Crippen LogP contribution in [-0.4, -0.2) is 22.8 Å². The average Bonchev–Trinajstić information content (AvgIpc) is 3.63. The van der Waals surface area contributed by atoms with Gasteiger partial charge in [-0.3, -0.25) is 9.89 Å². The van der Waals surface area contributed by atoms with Gasteiger partial charge in [0.05, 0.1) is 24.5 Å². The summed E-state index contributed by atoms with van der Waals surface area (Å²) in [4.78, 5) is 14.3. The number of ether oxygens (including phenoxy) is 1. The minimum Gasteiger partial charge on any atom is -0.472 e. The van der Waals surface area contributed by atoms with Crippen LogP contribution in [0.1, 0.15) is 136 Å². The molecule has 45 heavy (non-hydrogen) atoms. The number of hydrogen-bond donors (Lipinski definition) is 2. The van der Waals surface area contributed by atoms with Gasteiger partial charge in [-0.2, -0.15) is 5.10 Å². The van der Waals surface area contributed by atoms with Crippen molar-refractivity contribution >= 4 is 17.4 Å². The Morgan fingerprint density at radius 1 is 1.07 bits per heavy atom. The molecular weight excluding hydrogens is 558 g/mol. The molecule has 2 aromatic rings. The van der Waals surface area contributed by atoms with Crippen LogP contribution in [0.3, 0.4) is 0 Å². The normalized spacial score (nSPS) is 39.6. The molecule has 1 unspecified atom stereocenters. The number of nitrogens with one attached hydrogen (secondary N) is 1. The minimum atomic E-state index is -0.440. The Morgan fingerprint density at radius 2 is 1.82 bits per heavy atom. The summed E-state index contributed by atoms with van der Waals surface area (Å²) in [5, 5.41) is 7.90. The molecule has 0 aliphatic heterocycles. The maximum absolute atomic E-state index is 14.3. The molecule has 3 fully saturated rings. The number of hydrogen-bond acceptors (Lipinski definition) is 5. The van der Waals surface area contributed by atoms with Crippen LogP contribution in [-0.2, 0) is 21.4 Å². The lowest BCUT2D eigenvalue weighted by Gasteiger charge is -2.71. The van der Waals surface area contributed by atoms with E-state index in [0.29, 0.717) is 24.3 Å². The molecule has 3 N–H and O–H groups in total. The topological polar surface area (TPSA) is 94.1 Å². The summed E-state index contributed by atoms with van der Waals surface area (Å²) in [5.41, 5.74) is 13.1. The van der Waals surface area contributed by atoms with Crippen molar-refractivity contribution in [3.63, 3.8) is 0 Å². The number of furan rings is 1. The van der Waals surface area contributed by atoms with Gasteiger partial charge >= 0.3 is 5.97 Å². The van der Waals surface area contributed by atoms with Crippen LogP contribution in [0, 0.1) is 44.8 Å². The first-order chi connectivity index (χ1) is 21.1. The smallest absolute Gasteiger partial charge is 0.312 e. The molecule has 0 aromatic carbocycles. The van der Waals surface area contributed by atoms with Crippen LogP contribution >= 0.6 is 0 Å². The first-order valence-corrected chi connectivity index (χ1v) is 17.9. The highest BCUT2D eigenvalue weighted by molar-refractivity contribution is 5.81. The molecule has 7 atom stereocenters. The molecular formula is C39H57N3O3. The van der Waals surface area contributed by atoms with Gasteiger partial charge in [-0.25, -0.2) is 0 Å². The van der Waals surface area contributed by atoms with E-state index in [4.69, 9.17) is 14.9 Å². The van der Waals surface area contributed by atoms with E-state index in [-0.39, 0.29) is 39.0 Å². The van der Waals surface area contributed by atoms with E-state index in [9.17, 15) is 4.79 Å². The third kappa shape index (κ3) is 4.11. The summed E-state index contributed by atoms with van der Waals surface area (Å²) < 4.78 is 12.0.